The largest absolute Gasteiger partial charge is 0.497 e. The highest BCUT2D eigenvalue weighted by atomic mass is 128. The molecule has 39 heavy (non-hydrogen) atoms. The summed E-state index contributed by atoms with van der Waals surface area (Å²) in [5.74, 6) is 1.22. The number of methoxy groups -OCH3 is 1. The van der Waals surface area contributed by atoms with E-state index in [0.717, 1.165) is 36.1 Å². The average Bonchev–Trinajstić information content (AvgIpc) is 3.38. The van der Waals surface area contributed by atoms with E-state index < -0.39 is 6.10 Å². The first kappa shape index (κ1) is 33.3. The maximum atomic E-state index is 12.6. The van der Waals surface area contributed by atoms with E-state index in [9.17, 15) is 4.79 Å². The number of rotatable bonds is 12. The van der Waals surface area contributed by atoms with Crippen molar-refractivity contribution in [3.8, 4) is 5.75 Å². The molecule has 0 saturated carbocycles. The van der Waals surface area contributed by atoms with Crippen LogP contribution in [0.15, 0.2) is 47.1 Å². The van der Waals surface area contributed by atoms with Gasteiger partial charge in [0.25, 0.3) is 0 Å². The maximum absolute atomic E-state index is 12.6. The van der Waals surface area contributed by atoms with Gasteiger partial charge in [-0.2, -0.15) is 12.5 Å². The molecule has 1 unspecified atom stereocenters. The SMILES string of the molecule is C=C1C[C@H](C[C@@H]2CC(=O)C[C@H](c3coc(COCc4ccc(OC)cc4)n3)O2)O[C@@H](CCOB(P)S)C1.II. The zero-order valence-corrected chi connectivity index (χ0v) is 28.3. The highest BCUT2D eigenvalue weighted by Gasteiger charge is 2.34. The van der Waals surface area contributed by atoms with Gasteiger partial charge in [-0.25, -0.2) is 4.98 Å². The molecule has 8 nitrogen and oxygen atoms in total. The van der Waals surface area contributed by atoms with Gasteiger partial charge in [-0.15, -0.1) is 9.12 Å². The molecule has 0 aliphatic carbocycles. The number of aromatic nitrogens is 1. The molecule has 0 spiro atoms. The lowest BCUT2D eigenvalue weighted by molar-refractivity contribution is -0.141. The summed E-state index contributed by atoms with van der Waals surface area (Å²) in [4.78, 5) is 17.1. The van der Waals surface area contributed by atoms with Crippen molar-refractivity contribution in [2.75, 3.05) is 13.7 Å². The third kappa shape index (κ3) is 11.5. The van der Waals surface area contributed by atoms with Crippen LogP contribution in [0.5, 0.6) is 5.75 Å². The third-order valence-corrected chi connectivity index (χ3v) is 6.79. The minimum atomic E-state index is -0.435. The molecule has 5 atom stereocenters. The zero-order chi connectivity index (χ0) is 28.2. The summed E-state index contributed by atoms with van der Waals surface area (Å²) in [5, 5.41) is 0. The van der Waals surface area contributed by atoms with Crippen molar-refractivity contribution in [2.45, 2.75) is 76.2 Å². The number of ketones is 1. The van der Waals surface area contributed by atoms with Crippen LogP contribution in [0.25, 0.3) is 0 Å². The van der Waals surface area contributed by atoms with Gasteiger partial charge in [-0.1, -0.05) is 24.3 Å². The van der Waals surface area contributed by atoms with Crippen molar-refractivity contribution in [3.63, 3.8) is 0 Å². The molecule has 13 heteroatoms. The topological polar surface area (TPSA) is 89.3 Å². The van der Waals surface area contributed by atoms with Crippen molar-refractivity contribution >= 4 is 70.5 Å². The molecule has 1 aromatic heterocycles. The van der Waals surface area contributed by atoms with E-state index in [-0.39, 0.29) is 43.0 Å². The van der Waals surface area contributed by atoms with E-state index in [2.05, 4.69) is 70.4 Å². The summed E-state index contributed by atoms with van der Waals surface area (Å²) in [7, 11) is 4.14. The number of oxazole rings is 1. The number of benzene rings is 1. The molecule has 1 aromatic carbocycles. The smallest absolute Gasteiger partial charge is 0.380 e. The van der Waals surface area contributed by atoms with Gasteiger partial charge in [0, 0.05) is 63.1 Å². The van der Waals surface area contributed by atoms with Crippen LogP contribution in [0, 0.1) is 0 Å². The first-order valence-corrected chi connectivity index (χ1v) is 20.2. The van der Waals surface area contributed by atoms with Crippen LogP contribution in [0.1, 0.15) is 61.8 Å². The van der Waals surface area contributed by atoms with E-state index in [4.69, 9.17) is 28.0 Å². The summed E-state index contributed by atoms with van der Waals surface area (Å²) in [6.45, 7) is 5.42. The minimum absolute atomic E-state index is 0.0372. The lowest BCUT2D eigenvalue weighted by Crippen LogP contribution is -2.36. The summed E-state index contributed by atoms with van der Waals surface area (Å²) in [5.41, 5.74) is 2.79. The van der Waals surface area contributed by atoms with Crippen LogP contribution >= 0.6 is 58.8 Å². The van der Waals surface area contributed by atoms with Crippen LogP contribution in [-0.2, 0) is 36.9 Å². The first-order valence-electron chi connectivity index (χ1n) is 12.7. The molecule has 0 amide bonds. The molecule has 2 aromatic rings. The lowest BCUT2D eigenvalue weighted by atomic mass is 9.91. The number of Topliss-reactive ketones (excluding diaryl/α,β-unsaturated/α-hetero) is 1. The quantitative estimate of drug-likeness (QED) is 0.0840. The Balaban J connectivity index is 0.00000205. The number of ether oxygens (including phenoxy) is 4. The van der Waals surface area contributed by atoms with E-state index >= 15 is 0 Å². The second kappa shape index (κ2) is 17.7. The monoisotopic (exact) mass is 801 g/mol. The number of hydrogen-bond donors (Lipinski definition) is 1. The maximum Gasteiger partial charge on any atom is 0.380 e. The fourth-order valence-electron chi connectivity index (χ4n) is 4.72. The number of thiol groups is 1. The van der Waals surface area contributed by atoms with E-state index in [1.807, 2.05) is 24.3 Å². The number of halogens is 2. The lowest BCUT2D eigenvalue weighted by Gasteiger charge is -2.35. The van der Waals surface area contributed by atoms with Gasteiger partial charge >= 0.3 is 5.91 Å². The average molecular weight is 801 g/mol. The first-order chi connectivity index (χ1) is 18.9. The van der Waals surface area contributed by atoms with Gasteiger partial charge in [-0.3, -0.25) is 4.79 Å². The number of carbonyl (C=O) groups is 1. The van der Waals surface area contributed by atoms with Crippen molar-refractivity contribution in [1.82, 2.24) is 4.98 Å². The van der Waals surface area contributed by atoms with Crippen LogP contribution < -0.4 is 4.74 Å². The molecule has 0 bridgehead atoms. The Morgan fingerprint density at radius 1 is 1.10 bits per heavy atom. The van der Waals surface area contributed by atoms with Crippen molar-refractivity contribution < 1.29 is 32.8 Å². The van der Waals surface area contributed by atoms with Crippen LogP contribution in [0.2, 0.25) is 0 Å². The van der Waals surface area contributed by atoms with E-state index in [0.29, 0.717) is 37.6 Å². The Hall–Kier alpha value is -0.215. The van der Waals surface area contributed by atoms with Crippen molar-refractivity contribution in [2.24, 2.45) is 0 Å². The molecular weight excluding hydrogens is 766 g/mol. The van der Waals surface area contributed by atoms with Gasteiger partial charge in [0.15, 0.2) is 0 Å². The molecule has 0 radical (unpaired) electrons. The van der Waals surface area contributed by atoms with Gasteiger partial charge in [0.05, 0.1) is 32.0 Å². The van der Waals surface area contributed by atoms with Gasteiger partial charge in [-0.05, 0) is 37.0 Å². The molecule has 2 saturated heterocycles. The Labute approximate surface area is 261 Å². The van der Waals surface area contributed by atoms with Crippen LogP contribution in [-0.4, -0.2) is 48.7 Å². The predicted molar refractivity (Wildman–Crippen MR) is 175 cm³/mol. The second-order valence-electron chi connectivity index (χ2n) is 9.52. The molecule has 2 aliphatic heterocycles. The Morgan fingerprint density at radius 2 is 1.82 bits per heavy atom. The summed E-state index contributed by atoms with van der Waals surface area (Å²) >= 11 is 8.46. The van der Waals surface area contributed by atoms with Crippen molar-refractivity contribution in [3.05, 3.63) is 59.8 Å². The minimum Gasteiger partial charge on any atom is -0.497 e. The standard InChI is InChI=1S/C26H35BNO7PS.I2/c1-17-9-21(7-8-33-27(36)37)34-22(10-17)13-23-11-19(29)12-25(35-23)24-15-32-26(28-24)16-31-14-18-3-5-20(30-2)6-4-18;1-2/h3-6,15,21-23,25,37H,1,7-14,16,36H2,2H3;/t21-,22+,23-,25+;/m0./s1. The third-order valence-electron chi connectivity index (χ3n) is 6.45. The molecule has 2 aliphatic rings. The molecule has 3 heterocycles. The number of hydrogen-bond acceptors (Lipinski definition) is 9. The van der Waals surface area contributed by atoms with E-state index in [1.165, 1.54) is 0 Å². The normalized spacial score (nSPS) is 23.2. The summed E-state index contributed by atoms with van der Waals surface area (Å²) in [6, 6.07) is 7.68. The Kier molecular flexibility index (Phi) is 15.1. The fourth-order valence-corrected chi connectivity index (χ4v) is 4.96. The zero-order valence-electron chi connectivity index (χ0n) is 21.9. The van der Waals surface area contributed by atoms with Crippen LogP contribution in [0.4, 0.5) is 0 Å². The summed E-state index contributed by atoms with van der Waals surface area (Å²) in [6.07, 6.45) is 4.56. The molecule has 214 valence electrons. The summed E-state index contributed by atoms with van der Waals surface area (Å²) < 4.78 is 34.6. The molecule has 4 rings (SSSR count). The highest BCUT2D eigenvalue weighted by molar-refractivity contribution is 15.0. The van der Waals surface area contributed by atoms with E-state index in [1.54, 1.807) is 13.4 Å². The predicted octanol–water partition coefficient (Wildman–Crippen LogP) is 6.65. The number of carbonyl (C=O) groups excluding carboxylic acids is 1. The second-order valence-corrected chi connectivity index (χ2v) is 11.2. The van der Waals surface area contributed by atoms with Crippen LogP contribution in [0.3, 0.4) is 0 Å². The van der Waals surface area contributed by atoms with Gasteiger partial charge in [0.2, 0.25) is 5.89 Å². The van der Waals surface area contributed by atoms with Gasteiger partial charge < -0.3 is 28.0 Å². The molecule has 0 N–H and O–H groups in total. The highest BCUT2D eigenvalue weighted by Crippen LogP contribution is 2.34. The molecule has 2 fully saturated rings. The number of nitrogens with zero attached hydrogens (tertiary/aromatic N) is 1. The van der Waals surface area contributed by atoms with Crippen molar-refractivity contribution in [1.29, 1.82) is 0 Å². The Bertz CT molecular complexity index is 1050. The molecular formula is C26H35BI2NO7PS. The van der Waals surface area contributed by atoms with Gasteiger partial charge in [0.1, 0.15) is 36.2 Å². The Morgan fingerprint density at radius 3 is 2.54 bits per heavy atom. The fraction of sp³-hybridized carbons (Fsp3) is 0.538.